The number of sulfonamides is 1. The van der Waals surface area contributed by atoms with Crippen LogP contribution >= 0.6 is 22.6 Å². The van der Waals surface area contributed by atoms with E-state index in [1.165, 1.54) is 12.1 Å². The highest BCUT2D eigenvalue weighted by Gasteiger charge is 2.19. The summed E-state index contributed by atoms with van der Waals surface area (Å²) in [5, 5.41) is 0. The molecular weight excluding hydrogens is 408 g/mol. The van der Waals surface area contributed by atoms with E-state index in [-0.39, 0.29) is 5.78 Å². The number of rotatable bonds is 5. The maximum absolute atomic E-state index is 13.5. The zero-order valence-electron chi connectivity index (χ0n) is 10.7. The van der Waals surface area contributed by atoms with Crippen LogP contribution < -0.4 is 4.72 Å². The van der Waals surface area contributed by atoms with Crippen LogP contribution in [-0.4, -0.2) is 20.7 Å². The van der Waals surface area contributed by atoms with Crippen LogP contribution in [0, 0.1) is 9.39 Å². The van der Waals surface area contributed by atoms with Crippen LogP contribution in [-0.2, 0) is 10.0 Å². The third kappa shape index (κ3) is 4.08. The summed E-state index contributed by atoms with van der Waals surface area (Å²) in [5.74, 6) is -1.24. The molecule has 2 aromatic carbocycles. The highest BCUT2D eigenvalue weighted by molar-refractivity contribution is 14.1. The van der Waals surface area contributed by atoms with E-state index in [1.54, 1.807) is 18.2 Å². The predicted molar refractivity (Wildman–Crippen MR) is 85.1 cm³/mol. The fourth-order valence-electron chi connectivity index (χ4n) is 1.66. The van der Waals surface area contributed by atoms with E-state index in [0.717, 1.165) is 15.7 Å². The third-order valence-corrected chi connectivity index (χ3v) is 4.80. The molecule has 0 amide bonds. The number of carbonyl (C=O) groups excluding carboxylic acids is 1. The molecule has 110 valence electrons. The van der Waals surface area contributed by atoms with Crippen LogP contribution in [0.4, 0.5) is 4.39 Å². The van der Waals surface area contributed by atoms with Crippen LogP contribution in [0.5, 0.6) is 0 Å². The number of benzene rings is 2. The Morgan fingerprint density at radius 2 is 1.86 bits per heavy atom. The number of hydrogen-bond acceptors (Lipinski definition) is 3. The van der Waals surface area contributed by atoms with E-state index in [0.29, 0.717) is 5.56 Å². The van der Waals surface area contributed by atoms with Crippen LogP contribution in [0.15, 0.2) is 53.4 Å². The first-order valence-corrected chi connectivity index (χ1v) is 8.49. The van der Waals surface area contributed by atoms with Crippen molar-refractivity contribution in [3.63, 3.8) is 0 Å². The van der Waals surface area contributed by atoms with Crippen molar-refractivity contribution in [3.8, 4) is 0 Å². The van der Waals surface area contributed by atoms with Gasteiger partial charge in [-0.15, -0.1) is 0 Å². The third-order valence-electron chi connectivity index (χ3n) is 2.70. The molecule has 0 radical (unpaired) electrons. The Morgan fingerprint density at radius 3 is 2.52 bits per heavy atom. The number of nitrogens with one attached hydrogen (secondary N) is 1. The summed E-state index contributed by atoms with van der Waals surface area (Å²) >= 11 is 2.06. The van der Waals surface area contributed by atoms with Crippen molar-refractivity contribution in [3.05, 3.63) is 63.5 Å². The smallest absolute Gasteiger partial charge is 0.243 e. The molecule has 0 bridgehead atoms. The van der Waals surface area contributed by atoms with Gasteiger partial charge in [0, 0.05) is 9.13 Å². The average molecular weight is 419 g/mol. The summed E-state index contributed by atoms with van der Waals surface area (Å²) in [6.45, 7) is -0.420. The molecule has 1 N–H and O–H groups in total. The normalized spacial score (nSPS) is 11.3. The Morgan fingerprint density at radius 1 is 1.14 bits per heavy atom. The molecule has 0 aromatic heterocycles. The van der Waals surface area contributed by atoms with Crippen molar-refractivity contribution >= 4 is 38.4 Å². The second kappa shape index (κ2) is 6.63. The number of halogens is 2. The molecule has 0 aliphatic rings. The van der Waals surface area contributed by atoms with Crippen LogP contribution in [0.25, 0.3) is 0 Å². The van der Waals surface area contributed by atoms with Crippen LogP contribution in [0.3, 0.4) is 0 Å². The van der Waals surface area contributed by atoms with Gasteiger partial charge in [0.05, 0.1) is 6.54 Å². The first-order valence-electron chi connectivity index (χ1n) is 5.93. The number of Topliss-reactive ketones (excluding diaryl/α,β-unsaturated/α-hetero) is 1. The van der Waals surface area contributed by atoms with E-state index in [9.17, 15) is 17.6 Å². The molecule has 0 aliphatic carbocycles. The standard InChI is InChI=1S/C14H11FINO3S/c15-12-6-1-2-7-14(12)21(19,20)17-9-13(18)10-4-3-5-11(16)8-10/h1-8,17H,9H2. The quantitative estimate of drug-likeness (QED) is 0.599. The van der Waals surface area contributed by atoms with E-state index in [2.05, 4.69) is 27.3 Å². The van der Waals surface area contributed by atoms with Gasteiger partial charge < -0.3 is 0 Å². The predicted octanol–water partition coefficient (Wildman–Crippen LogP) is 2.59. The van der Waals surface area contributed by atoms with Gasteiger partial charge in [0.25, 0.3) is 0 Å². The molecule has 0 aliphatic heterocycles. The minimum atomic E-state index is -4.05. The fourth-order valence-corrected chi connectivity index (χ4v) is 3.27. The molecule has 0 fully saturated rings. The lowest BCUT2D eigenvalue weighted by Gasteiger charge is -2.07. The Hall–Kier alpha value is -1.32. The molecule has 21 heavy (non-hydrogen) atoms. The minimum Gasteiger partial charge on any atom is -0.293 e. The summed E-state index contributed by atoms with van der Waals surface area (Å²) in [5.41, 5.74) is 0.401. The van der Waals surface area contributed by atoms with Crippen molar-refractivity contribution in [2.45, 2.75) is 4.90 Å². The molecule has 2 aromatic rings. The summed E-state index contributed by atoms with van der Waals surface area (Å²) < 4.78 is 40.4. The van der Waals surface area contributed by atoms with Gasteiger partial charge in [-0.2, -0.15) is 0 Å². The summed E-state index contributed by atoms with van der Waals surface area (Å²) in [6.07, 6.45) is 0. The summed E-state index contributed by atoms with van der Waals surface area (Å²) in [4.78, 5) is 11.5. The van der Waals surface area contributed by atoms with Crippen molar-refractivity contribution in [1.29, 1.82) is 0 Å². The number of hydrogen-bond donors (Lipinski definition) is 1. The number of carbonyl (C=O) groups is 1. The highest BCUT2D eigenvalue weighted by Crippen LogP contribution is 2.13. The van der Waals surface area contributed by atoms with Crippen LogP contribution in [0.1, 0.15) is 10.4 Å². The monoisotopic (exact) mass is 419 g/mol. The molecule has 2 rings (SSSR count). The maximum atomic E-state index is 13.5. The van der Waals surface area contributed by atoms with Gasteiger partial charge in [-0.05, 0) is 46.9 Å². The SMILES string of the molecule is O=C(CNS(=O)(=O)c1ccccc1F)c1cccc(I)c1. The van der Waals surface area contributed by atoms with Crippen molar-refractivity contribution in [2.24, 2.45) is 0 Å². The van der Waals surface area contributed by atoms with Gasteiger partial charge in [-0.3, -0.25) is 4.79 Å². The molecule has 0 atom stereocenters. The average Bonchev–Trinajstić information content (AvgIpc) is 2.45. The molecule has 7 heteroatoms. The Balaban J connectivity index is 2.12. The summed E-state index contributed by atoms with van der Waals surface area (Å²) in [7, 11) is -4.05. The van der Waals surface area contributed by atoms with E-state index >= 15 is 0 Å². The van der Waals surface area contributed by atoms with Gasteiger partial charge in [0.1, 0.15) is 10.7 Å². The lowest BCUT2D eigenvalue weighted by Crippen LogP contribution is -2.30. The zero-order chi connectivity index (χ0) is 15.5. The van der Waals surface area contributed by atoms with Gasteiger partial charge >= 0.3 is 0 Å². The second-order valence-electron chi connectivity index (χ2n) is 4.19. The van der Waals surface area contributed by atoms with E-state index in [1.807, 2.05) is 6.07 Å². The lowest BCUT2D eigenvalue weighted by atomic mass is 10.1. The van der Waals surface area contributed by atoms with Crippen molar-refractivity contribution in [2.75, 3.05) is 6.54 Å². The second-order valence-corrected chi connectivity index (χ2v) is 7.17. The number of ketones is 1. The Kier molecular flexibility index (Phi) is 5.07. The largest absolute Gasteiger partial charge is 0.293 e. The van der Waals surface area contributed by atoms with Gasteiger partial charge in [0.2, 0.25) is 10.0 Å². The first kappa shape index (κ1) is 16.1. The molecule has 0 saturated carbocycles. The molecule has 0 unspecified atom stereocenters. The topological polar surface area (TPSA) is 63.2 Å². The van der Waals surface area contributed by atoms with E-state index in [4.69, 9.17) is 0 Å². The Labute approximate surface area is 135 Å². The maximum Gasteiger partial charge on any atom is 0.243 e. The van der Waals surface area contributed by atoms with Gasteiger partial charge in [-0.1, -0.05) is 24.3 Å². The van der Waals surface area contributed by atoms with Crippen LogP contribution in [0.2, 0.25) is 0 Å². The zero-order valence-corrected chi connectivity index (χ0v) is 13.7. The first-order chi connectivity index (χ1) is 9.90. The Bertz CT molecular complexity index is 777. The van der Waals surface area contributed by atoms with Gasteiger partial charge in [-0.25, -0.2) is 17.5 Å². The lowest BCUT2D eigenvalue weighted by molar-refractivity contribution is 0.0997. The van der Waals surface area contributed by atoms with E-state index < -0.39 is 27.3 Å². The molecule has 0 heterocycles. The fraction of sp³-hybridized carbons (Fsp3) is 0.0714. The molecular formula is C14H11FINO3S. The molecule has 4 nitrogen and oxygen atoms in total. The molecule has 0 spiro atoms. The highest BCUT2D eigenvalue weighted by atomic mass is 127. The minimum absolute atomic E-state index is 0.381. The summed E-state index contributed by atoms with van der Waals surface area (Å²) in [6, 6.07) is 11.8. The van der Waals surface area contributed by atoms with Gasteiger partial charge in [0.15, 0.2) is 5.78 Å². The molecule has 0 saturated heterocycles. The van der Waals surface area contributed by atoms with Crippen molar-refractivity contribution < 1.29 is 17.6 Å². The van der Waals surface area contributed by atoms with Crippen molar-refractivity contribution in [1.82, 2.24) is 4.72 Å².